The molecule has 0 saturated heterocycles. The van der Waals surface area contributed by atoms with Gasteiger partial charge in [-0.2, -0.15) is 5.10 Å². The Kier molecular flexibility index (Phi) is 3.97. The number of anilines is 1. The summed E-state index contributed by atoms with van der Waals surface area (Å²) >= 11 is 0. The first-order valence-electron chi connectivity index (χ1n) is 4.67. The van der Waals surface area contributed by atoms with E-state index in [4.69, 9.17) is 10.5 Å². The van der Waals surface area contributed by atoms with Crippen molar-refractivity contribution in [3.63, 3.8) is 0 Å². The van der Waals surface area contributed by atoms with Crippen molar-refractivity contribution in [1.29, 1.82) is 0 Å². The molecule has 5 nitrogen and oxygen atoms in total. The Bertz CT molecular complexity index is 296. The van der Waals surface area contributed by atoms with Crippen molar-refractivity contribution in [2.45, 2.75) is 26.2 Å². The van der Waals surface area contributed by atoms with Crippen LogP contribution in [0.5, 0.6) is 0 Å². The summed E-state index contributed by atoms with van der Waals surface area (Å²) in [5.41, 5.74) is 6.37. The van der Waals surface area contributed by atoms with E-state index in [0.717, 1.165) is 18.5 Å². The maximum absolute atomic E-state index is 11.0. The number of hydrogen-bond acceptors (Lipinski definition) is 4. The molecule has 3 N–H and O–H groups in total. The zero-order valence-electron chi connectivity index (χ0n) is 8.25. The third kappa shape index (κ3) is 3.47. The summed E-state index contributed by atoms with van der Waals surface area (Å²) in [6.45, 7) is 2.24. The maximum Gasteiger partial charge on any atom is 0.305 e. The summed E-state index contributed by atoms with van der Waals surface area (Å²) in [4.78, 5) is 11.0. The molecule has 1 aromatic heterocycles. The lowest BCUT2D eigenvalue weighted by molar-refractivity contribution is -0.143. The number of rotatable bonds is 5. The number of carbonyl (C=O) groups is 1. The Balaban J connectivity index is 2.18. The molecule has 0 unspecified atom stereocenters. The van der Waals surface area contributed by atoms with Crippen LogP contribution in [0.15, 0.2) is 6.07 Å². The van der Waals surface area contributed by atoms with Gasteiger partial charge >= 0.3 is 5.97 Å². The number of H-pyrrole nitrogens is 1. The first-order valence-corrected chi connectivity index (χ1v) is 4.67. The van der Waals surface area contributed by atoms with Crippen LogP contribution in [0, 0.1) is 0 Å². The zero-order valence-corrected chi connectivity index (χ0v) is 8.25. The van der Waals surface area contributed by atoms with Crippen LogP contribution < -0.4 is 5.73 Å². The molecule has 1 heterocycles. The third-order valence-electron chi connectivity index (χ3n) is 1.78. The summed E-state index contributed by atoms with van der Waals surface area (Å²) in [5.74, 6) is 0.330. The van der Waals surface area contributed by atoms with E-state index in [1.807, 2.05) is 0 Å². The second-order valence-electron chi connectivity index (χ2n) is 2.98. The predicted octanol–water partition coefficient (Wildman–Crippen LogP) is 0.878. The molecule has 0 fully saturated rings. The van der Waals surface area contributed by atoms with Gasteiger partial charge in [-0.15, -0.1) is 0 Å². The van der Waals surface area contributed by atoms with Crippen LogP contribution in [0.1, 0.15) is 25.5 Å². The number of nitrogens with zero attached hydrogens (tertiary/aromatic N) is 1. The van der Waals surface area contributed by atoms with Gasteiger partial charge in [0.2, 0.25) is 0 Å². The molecule has 0 atom stereocenters. The van der Waals surface area contributed by atoms with Crippen LogP contribution in [0.3, 0.4) is 0 Å². The number of nitrogens with one attached hydrogen (secondary N) is 1. The Morgan fingerprint density at radius 2 is 2.50 bits per heavy atom. The normalized spacial score (nSPS) is 10.1. The largest absolute Gasteiger partial charge is 0.466 e. The molecule has 0 spiro atoms. The minimum absolute atomic E-state index is 0.153. The standard InChI is InChI=1S/C9H15N3O2/c1-2-14-9(13)5-3-4-7-6-8(10)12-11-7/h6H,2-5H2,1H3,(H3,10,11,12). The van der Waals surface area contributed by atoms with E-state index in [1.165, 1.54) is 0 Å². The topological polar surface area (TPSA) is 81.0 Å². The first kappa shape index (κ1) is 10.6. The SMILES string of the molecule is CCOC(=O)CCCc1cc(N)n[nH]1. The Morgan fingerprint density at radius 1 is 1.71 bits per heavy atom. The van der Waals surface area contributed by atoms with Gasteiger partial charge in [0, 0.05) is 18.2 Å². The molecular weight excluding hydrogens is 182 g/mol. The van der Waals surface area contributed by atoms with E-state index in [9.17, 15) is 4.79 Å². The lowest BCUT2D eigenvalue weighted by Crippen LogP contribution is -2.04. The number of esters is 1. The van der Waals surface area contributed by atoms with Crippen molar-refractivity contribution in [3.05, 3.63) is 11.8 Å². The summed E-state index contributed by atoms with van der Waals surface area (Å²) in [7, 11) is 0. The molecule has 0 radical (unpaired) electrons. The van der Waals surface area contributed by atoms with Crippen LogP contribution in [-0.2, 0) is 16.0 Å². The Labute approximate surface area is 82.6 Å². The van der Waals surface area contributed by atoms with E-state index in [-0.39, 0.29) is 5.97 Å². The highest BCUT2D eigenvalue weighted by Crippen LogP contribution is 2.05. The fourth-order valence-corrected chi connectivity index (χ4v) is 1.16. The fraction of sp³-hybridized carbons (Fsp3) is 0.556. The average molecular weight is 197 g/mol. The van der Waals surface area contributed by atoms with Crippen LogP contribution in [-0.4, -0.2) is 22.8 Å². The van der Waals surface area contributed by atoms with E-state index in [2.05, 4.69) is 10.2 Å². The van der Waals surface area contributed by atoms with E-state index < -0.39 is 0 Å². The highest BCUT2D eigenvalue weighted by molar-refractivity contribution is 5.69. The van der Waals surface area contributed by atoms with Gasteiger partial charge in [0.1, 0.15) is 5.82 Å². The molecule has 0 amide bonds. The second kappa shape index (κ2) is 5.26. The summed E-state index contributed by atoms with van der Waals surface area (Å²) in [6, 6.07) is 1.77. The van der Waals surface area contributed by atoms with Crippen LogP contribution in [0.25, 0.3) is 0 Å². The number of ether oxygens (including phenoxy) is 1. The van der Waals surface area contributed by atoms with Gasteiger partial charge < -0.3 is 10.5 Å². The van der Waals surface area contributed by atoms with E-state index in [0.29, 0.717) is 18.8 Å². The van der Waals surface area contributed by atoms with Gasteiger partial charge in [0.25, 0.3) is 0 Å². The Hall–Kier alpha value is -1.52. The van der Waals surface area contributed by atoms with Crippen LogP contribution >= 0.6 is 0 Å². The Morgan fingerprint density at radius 3 is 3.07 bits per heavy atom. The molecule has 0 aromatic carbocycles. The fourth-order valence-electron chi connectivity index (χ4n) is 1.16. The maximum atomic E-state index is 11.0. The second-order valence-corrected chi connectivity index (χ2v) is 2.98. The van der Waals surface area contributed by atoms with Crippen molar-refractivity contribution < 1.29 is 9.53 Å². The molecule has 14 heavy (non-hydrogen) atoms. The van der Waals surface area contributed by atoms with Crippen LogP contribution in [0.4, 0.5) is 5.82 Å². The van der Waals surface area contributed by atoms with Gasteiger partial charge in [0.05, 0.1) is 6.61 Å². The molecular formula is C9H15N3O2. The molecule has 1 rings (SSSR count). The molecule has 1 aromatic rings. The number of hydrogen-bond donors (Lipinski definition) is 2. The van der Waals surface area contributed by atoms with E-state index >= 15 is 0 Å². The number of aromatic nitrogens is 2. The monoisotopic (exact) mass is 197 g/mol. The van der Waals surface area contributed by atoms with Crippen molar-refractivity contribution >= 4 is 11.8 Å². The lowest BCUT2D eigenvalue weighted by Gasteiger charge is -1.99. The highest BCUT2D eigenvalue weighted by Gasteiger charge is 2.02. The molecule has 78 valence electrons. The van der Waals surface area contributed by atoms with Gasteiger partial charge in [-0.3, -0.25) is 9.89 Å². The van der Waals surface area contributed by atoms with Crippen molar-refractivity contribution in [3.8, 4) is 0 Å². The lowest BCUT2D eigenvalue weighted by atomic mass is 10.2. The minimum Gasteiger partial charge on any atom is -0.466 e. The number of nitrogen functional groups attached to an aromatic ring is 1. The smallest absolute Gasteiger partial charge is 0.305 e. The van der Waals surface area contributed by atoms with Gasteiger partial charge in [-0.1, -0.05) is 0 Å². The molecule has 0 aliphatic carbocycles. The van der Waals surface area contributed by atoms with Gasteiger partial charge in [-0.05, 0) is 19.8 Å². The van der Waals surface area contributed by atoms with Crippen LogP contribution in [0.2, 0.25) is 0 Å². The number of aryl methyl sites for hydroxylation is 1. The quantitative estimate of drug-likeness (QED) is 0.686. The number of carbonyl (C=O) groups excluding carboxylic acids is 1. The molecule has 0 saturated carbocycles. The minimum atomic E-state index is -0.153. The summed E-state index contributed by atoms with van der Waals surface area (Å²) in [6.07, 6.45) is 1.95. The third-order valence-corrected chi connectivity index (χ3v) is 1.78. The average Bonchev–Trinajstić information content (AvgIpc) is 2.52. The first-order chi connectivity index (χ1) is 6.72. The van der Waals surface area contributed by atoms with Gasteiger partial charge in [-0.25, -0.2) is 0 Å². The number of aromatic amines is 1. The number of nitrogens with two attached hydrogens (primary N) is 1. The predicted molar refractivity (Wildman–Crippen MR) is 52.6 cm³/mol. The van der Waals surface area contributed by atoms with Crippen molar-refractivity contribution in [2.75, 3.05) is 12.3 Å². The van der Waals surface area contributed by atoms with E-state index in [1.54, 1.807) is 13.0 Å². The summed E-state index contributed by atoms with van der Waals surface area (Å²) < 4.78 is 4.80. The van der Waals surface area contributed by atoms with Crippen molar-refractivity contribution in [2.24, 2.45) is 0 Å². The van der Waals surface area contributed by atoms with Crippen molar-refractivity contribution in [1.82, 2.24) is 10.2 Å². The van der Waals surface area contributed by atoms with Gasteiger partial charge in [0.15, 0.2) is 0 Å². The molecule has 0 aliphatic rings. The molecule has 5 heteroatoms. The molecule has 0 aliphatic heterocycles. The highest BCUT2D eigenvalue weighted by atomic mass is 16.5. The zero-order chi connectivity index (χ0) is 10.4. The summed E-state index contributed by atoms with van der Waals surface area (Å²) in [5, 5.41) is 6.57. The molecule has 0 bridgehead atoms.